The van der Waals surface area contributed by atoms with Crippen molar-refractivity contribution in [3.05, 3.63) is 65.4 Å². The van der Waals surface area contributed by atoms with Crippen LogP contribution in [0, 0.1) is 0 Å². The number of anilines is 1. The van der Waals surface area contributed by atoms with Crippen molar-refractivity contribution in [2.24, 2.45) is 7.05 Å². The smallest absolute Gasteiger partial charge is 0.412 e. The van der Waals surface area contributed by atoms with E-state index in [1.54, 1.807) is 0 Å². The van der Waals surface area contributed by atoms with Crippen LogP contribution in [0.5, 0.6) is 0 Å². The van der Waals surface area contributed by atoms with Crippen LogP contribution in [-0.2, 0) is 11.8 Å². The second-order valence-corrected chi connectivity index (χ2v) is 6.17. The number of aromatic carboxylic acids is 1. The lowest BCUT2D eigenvalue weighted by Gasteiger charge is -2.14. The maximum atomic E-state index is 12.2. The fourth-order valence-corrected chi connectivity index (χ4v) is 3.41. The van der Waals surface area contributed by atoms with Crippen LogP contribution in [0.15, 0.2) is 48.5 Å². The van der Waals surface area contributed by atoms with Crippen LogP contribution in [0.2, 0.25) is 0 Å². The lowest BCUT2D eigenvalue weighted by atomic mass is 9.98. The van der Waals surface area contributed by atoms with Crippen LogP contribution in [0.25, 0.3) is 11.1 Å². The van der Waals surface area contributed by atoms with Gasteiger partial charge < -0.3 is 9.84 Å². The van der Waals surface area contributed by atoms with Crippen molar-refractivity contribution >= 4 is 17.9 Å². The Kier molecular flexibility index (Phi) is 4.08. The van der Waals surface area contributed by atoms with Crippen molar-refractivity contribution in [2.45, 2.75) is 5.92 Å². The second kappa shape index (κ2) is 6.56. The van der Waals surface area contributed by atoms with Crippen LogP contribution in [0.1, 0.15) is 27.5 Å². The zero-order valence-corrected chi connectivity index (χ0v) is 14.4. The molecule has 136 valence electrons. The topological polar surface area (TPSA) is 106 Å². The molecule has 0 bridgehead atoms. The molecule has 0 radical (unpaired) electrons. The van der Waals surface area contributed by atoms with E-state index in [1.807, 2.05) is 48.5 Å². The Morgan fingerprint density at radius 1 is 1.11 bits per heavy atom. The number of carboxylic acids is 1. The van der Waals surface area contributed by atoms with E-state index in [1.165, 1.54) is 7.05 Å². The number of hydrogen-bond donors (Lipinski definition) is 2. The zero-order valence-electron chi connectivity index (χ0n) is 14.4. The molecule has 1 aliphatic rings. The summed E-state index contributed by atoms with van der Waals surface area (Å²) in [7, 11) is 1.43. The number of fused-ring (bicyclic) bond motifs is 3. The van der Waals surface area contributed by atoms with Crippen molar-refractivity contribution in [1.82, 2.24) is 15.0 Å². The zero-order chi connectivity index (χ0) is 19.0. The van der Waals surface area contributed by atoms with Gasteiger partial charge in [-0.15, -0.1) is 5.10 Å². The number of ether oxygens (including phenoxy) is 1. The van der Waals surface area contributed by atoms with Crippen LogP contribution >= 0.6 is 0 Å². The summed E-state index contributed by atoms with van der Waals surface area (Å²) in [6.07, 6.45) is -0.778. The Bertz CT molecular complexity index is 998. The molecule has 1 aromatic heterocycles. The molecule has 1 heterocycles. The normalized spacial score (nSPS) is 12.3. The number of aryl methyl sites for hydroxylation is 1. The Morgan fingerprint density at radius 2 is 1.70 bits per heavy atom. The molecule has 3 aromatic rings. The summed E-state index contributed by atoms with van der Waals surface area (Å²) in [5.41, 5.74) is 4.23. The monoisotopic (exact) mass is 364 g/mol. The van der Waals surface area contributed by atoms with E-state index in [0.717, 1.165) is 26.9 Å². The van der Waals surface area contributed by atoms with Gasteiger partial charge in [0.2, 0.25) is 0 Å². The highest BCUT2D eigenvalue weighted by atomic mass is 16.5. The number of nitrogens with one attached hydrogen (secondary N) is 1. The maximum Gasteiger partial charge on any atom is 0.412 e. The molecule has 0 spiro atoms. The van der Waals surface area contributed by atoms with E-state index in [0.29, 0.717) is 0 Å². The predicted molar refractivity (Wildman–Crippen MR) is 96.7 cm³/mol. The molecule has 27 heavy (non-hydrogen) atoms. The number of rotatable bonds is 4. The molecular formula is C19H16N4O4. The Labute approximate surface area is 154 Å². The van der Waals surface area contributed by atoms with Gasteiger partial charge in [-0.1, -0.05) is 53.7 Å². The van der Waals surface area contributed by atoms with Gasteiger partial charge in [0, 0.05) is 13.0 Å². The van der Waals surface area contributed by atoms with Gasteiger partial charge in [0.15, 0.2) is 11.5 Å². The van der Waals surface area contributed by atoms with Crippen molar-refractivity contribution in [3.8, 4) is 11.1 Å². The number of carboxylic acid groups (broad SMARTS) is 1. The van der Waals surface area contributed by atoms with E-state index in [-0.39, 0.29) is 24.0 Å². The highest BCUT2D eigenvalue weighted by Crippen LogP contribution is 2.44. The van der Waals surface area contributed by atoms with Gasteiger partial charge in [-0.25, -0.2) is 14.3 Å². The van der Waals surface area contributed by atoms with Gasteiger partial charge >= 0.3 is 12.1 Å². The summed E-state index contributed by atoms with van der Waals surface area (Å²) < 4.78 is 6.44. The molecule has 2 N–H and O–H groups in total. The highest BCUT2D eigenvalue weighted by molar-refractivity contribution is 5.95. The molecule has 0 saturated carbocycles. The third-order valence-corrected chi connectivity index (χ3v) is 4.59. The van der Waals surface area contributed by atoms with Crippen molar-refractivity contribution in [3.63, 3.8) is 0 Å². The van der Waals surface area contributed by atoms with Gasteiger partial charge in [-0.3, -0.25) is 5.32 Å². The Balaban J connectivity index is 1.51. The van der Waals surface area contributed by atoms with Gasteiger partial charge in [0.25, 0.3) is 0 Å². The lowest BCUT2D eigenvalue weighted by Crippen LogP contribution is -2.19. The van der Waals surface area contributed by atoms with Crippen LogP contribution in [0.3, 0.4) is 0 Å². The van der Waals surface area contributed by atoms with Gasteiger partial charge in [-0.05, 0) is 22.3 Å². The van der Waals surface area contributed by atoms with E-state index in [9.17, 15) is 14.7 Å². The summed E-state index contributed by atoms with van der Waals surface area (Å²) in [4.78, 5) is 23.4. The summed E-state index contributed by atoms with van der Waals surface area (Å²) in [6, 6.07) is 16.0. The van der Waals surface area contributed by atoms with E-state index >= 15 is 0 Å². The number of amides is 1. The first-order chi connectivity index (χ1) is 13.1. The first kappa shape index (κ1) is 16.8. The number of carbonyl (C=O) groups excluding carboxylic acids is 1. The third-order valence-electron chi connectivity index (χ3n) is 4.59. The molecule has 8 nitrogen and oxygen atoms in total. The van der Waals surface area contributed by atoms with Crippen molar-refractivity contribution in [2.75, 3.05) is 11.9 Å². The van der Waals surface area contributed by atoms with E-state index < -0.39 is 12.1 Å². The van der Waals surface area contributed by atoms with Gasteiger partial charge in [-0.2, -0.15) is 0 Å². The van der Waals surface area contributed by atoms with E-state index in [4.69, 9.17) is 4.74 Å². The molecule has 0 unspecified atom stereocenters. The standard InChI is InChI=1S/C19H16N4O4/c1-23-16(18(24)25)17(21-22-23)20-19(26)27-10-15-13-8-4-2-6-11(13)12-7-3-5-9-14(12)15/h2-9,15H,10H2,1H3,(H,20,26)(H,24,25). The highest BCUT2D eigenvalue weighted by Gasteiger charge is 2.29. The maximum absolute atomic E-state index is 12.2. The quantitative estimate of drug-likeness (QED) is 0.737. The minimum absolute atomic E-state index is 0.0797. The van der Waals surface area contributed by atoms with Gasteiger partial charge in [0.1, 0.15) is 6.61 Å². The van der Waals surface area contributed by atoms with Crippen LogP contribution < -0.4 is 5.32 Å². The fourth-order valence-electron chi connectivity index (χ4n) is 3.41. The summed E-state index contributed by atoms with van der Waals surface area (Å²) in [5.74, 6) is -1.47. The summed E-state index contributed by atoms with van der Waals surface area (Å²) in [5, 5.41) is 18.8. The summed E-state index contributed by atoms with van der Waals surface area (Å²) in [6.45, 7) is 0.128. The second-order valence-electron chi connectivity index (χ2n) is 6.17. The minimum atomic E-state index is -1.24. The third kappa shape index (κ3) is 2.91. The predicted octanol–water partition coefficient (Wildman–Crippen LogP) is 2.87. The molecular weight excluding hydrogens is 348 g/mol. The fraction of sp³-hybridized carbons (Fsp3) is 0.158. The molecule has 1 amide bonds. The number of benzene rings is 2. The number of carbonyl (C=O) groups is 2. The SMILES string of the molecule is Cn1nnc(NC(=O)OCC2c3ccccc3-c3ccccc32)c1C(=O)O. The van der Waals surface area contributed by atoms with Crippen LogP contribution in [-0.4, -0.2) is 38.8 Å². The average molecular weight is 364 g/mol. The molecule has 2 aromatic carbocycles. The van der Waals surface area contributed by atoms with Gasteiger partial charge in [0.05, 0.1) is 0 Å². The minimum Gasteiger partial charge on any atom is -0.476 e. The summed E-state index contributed by atoms with van der Waals surface area (Å²) >= 11 is 0. The van der Waals surface area contributed by atoms with Crippen LogP contribution in [0.4, 0.5) is 10.6 Å². The molecule has 4 rings (SSSR count). The number of hydrogen-bond acceptors (Lipinski definition) is 5. The Morgan fingerprint density at radius 3 is 2.30 bits per heavy atom. The lowest BCUT2D eigenvalue weighted by molar-refractivity contribution is 0.0686. The molecule has 8 heteroatoms. The largest absolute Gasteiger partial charge is 0.476 e. The molecule has 0 aliphatic heterocycles. The molecule has 0 saturated heterocycles. The first-order valence-electron chi connectivity index (χ1n) is 8.31. The van der Waals surface area contributed by atoms with Crippen molar-refractivity contribution in [1.29, 1.82) is 0 Å². The molecule has 1 aliphatic carbocycles. The first-order valence-corrected chi connectivity index (χ1v) is 8.31. The van der Waals surface area contributed by atoms with Crippen molar-refractivity contribution < 1.29 is 19.4 Å². The molecule has 0 atom stereocenters. The average Bonchev–Trinajstić information content (AvgIpc) is 3.18. The number of aromatic nitrogens is 3. The number of nitrogens with zero attached hydrogens (tertiary/aromatic N) is 3. The molecule has 0 fully saturated rings. The van der Waals surface area contributed by atoms with E-state index in [2.05, 4.69) is 15.6 Å². The Hall–Kier alpha value is -3.68.